The van der Waals surface area contributed by atoms with E-state index < -0.39 is 0 Å². The normalized spacial score (nSPS) is 15.4. The number of ether oxygens (including phenoxy) is 2. The van der Waals surface area contributed by atoms with E-state index in [1.807, 2.05) is 109 Å². The number of nitrogens with zero attached hydrogens (tertiary/aromatic N) is 2. The van der Waals surface area contributed by atoms with Crippen molar-refractivity contribution < 1.29 is 14.3 Å². The number of hydrogen-bond acceptors (Lipinski definition) is 5. The van der Waals surface area contributed by atoms with Gasteiger partial charge in [-0.1, -0.05) is 66.2 Å². The standard InChI is InChI=1S/C30H23ClN2O3S/c1-35-27-18-21(15-16-26(27)36-20-22-9-8-10-23(31)17-22)19-28-29(34)33(25-13-6-3-7-14-25)30(37-28)32-24-11-4-2-5-12-24/h2-19H,20H2,1H3/b28-19+,32-30?. The predicted octanol–water partition coefficient (Wildman–Crippen LogP) is 7.74. The third kappa shape index (κ3) is 5.88. The first kappa shape index (κ1) is 24.7. The van der Waals surface area contributed by atoms with Crippen molar-refractivity contribution in [2.75, 3.05) is 12.0 Å². The lowest BCUT2D eigenvalue weighted by atomic mass is 10.1. The van der Waals surface area contributed by atoms with Crippen LogP contribution in [-0.2, 0) is 11.4 Å². The number of methoxy groups -OCH3 is 1. The minimum atomic E-state index is -0.133. The summed E-state index contributed by atoms with van der Waals surface area (Å²) in [6.07, 6.45) is 1.85. The minimum Gasteiger partial charge on any atom is -0.493 e. The molecule has 4 aromatic carbocycles. The number of carbonyl (C=O) groups is 1. The van der Waals surface area contributed by atoms with E-state index in [1.54, 1.807) is 12.0 Å². The monoisotopic (exact) mass is 526 g/mol. The second-order valence-corrected chi connectivity index (χ2v) is 9.59. The lowest BCUT2D eigenvalue weighted by molar-refractivity contribution is -0.113. The summed E-state index contributed by atoms with van der Waals surface area (Å²) >= 11 is 7.42. The maximum absolute atomic E-state index is 13.5. The van der Waals surface area contributed by atoms with Crippen molar-refractivity contribution in [1.29, 1.82) is 0 Å². The molecule has 1 aliphatic heterocycles. The number of benzene rings is 4. The zero-order chi connectivity index (χ0) is 25.6. The first-order chi connectivity index (χ1) is 18.1. The van der Waals surface area contributed by atoms with Crippen molar-refractivity contribution in [2.45, 2.75) is 6.61 Å². The summed E-state index contributed by atoms with van der Waals surface area (Å²) in [6, 6.07) is 32.3. The molecule has 37 heavy (non-hydrogen) atoms. The van der Waals surface area contributed by atoms with Crippen molar-refractivity contribution in [3.05, 3.63) is 124 Å². The highest BCUT2D eigenvalue weighted by molar-refractivity contribution is 8.19. The summed E-state index contributed by atoms with van der Waals surface area (Å²) in [5.41, 5.74) is 3.32. The molecule has 0 radical (unpaired) electrons. The van der Waals surface area contributed by atoms with Crippen LogP contribution in [0.3, 0.4) is 0 Å². The maximum Gasteiger partial charge on any atom is 0.271 e. The predicted molar refractivity (Wildman–Crippen MR) is 152 cm³/mol. The molecule has 7 heteroatoms. The van der Waals surface area contributed by atoms with Gasteiger partial charge in [-0.05, 0) is 77.5 Å². The second-order valence-electron chi connectivity index (χ2n) is 8.15. The molecule has 0 atom stereocenters. The van der Waals surface area contributed by atoms with Gasteiger partial charge in [-0.25, -0.2) is 4.99 Å². The number of anilines is 1. The van der Waals surface area contributed by atoms with Gasteiger partial charge in [-0.15, -0.1) is 0 Å². The van der Waals surface area contributed by atoms with Gasteiger partial charge in [0.25, 0.3) is 5.91 Å². The van der Waals surface area contributed by atoms with Gasteiger partial charge < -0.3 is 9.47 Å². The number of hydrogen-bond donors (Lipinski definition) is 0. The molecule has 0 unspecified atom stereocenters. The van der Waals surface area contributed by atoms with Gasteiger partial charge in [0.1, 0.15) is 6.61 Å². The Morgan fingerprint density at radius 2 is 1.65 bits per heavy atom. The number of carbonyl (C=O) groups excluding carboxylic acids is 1. The molecule has 0 saturated carbocycles. The van der Waals surface area contributed by atoms with E-state index in [0.717, 1.165) is 22.5 Å². The fourth-order valence-electron chi connectivity index (χ4n) is 3.80. The van der Waals surface area contributed by atoms with Gasteiger partial charge in [-0.3, -0.25) is 9.69 Å². The highest BCUT2D eigenvalue weighted by Crippen LogP contribution is 2.38. The first-order valence-corrected chi connectivity index (χ1v) is 12.8. The molecule has 0 N–H and O–H groups in total. The molecule has 1 fully saturated rings. The molecule has 1 saturated heterocycles. The van der Waals surface area contributed by atoms with Crippen molar-refractivity contribution in [3.8, 4) is 11.5 Å². The smallest absolute Gasteiger partial charge is 0.271 e. The summed E-state index contributed by atoms with van der Waals surface area (Å²) in [6.45, 7) is 0.358. The average molecular weight is 527 g/mol. The average Bonchev–Trinajstić information content (AvgIpc) is 3.22. The molecule has 0 spiro atoms. The zero-order valence-corrected chi connectivity index (χ0v) is 21.6. The fourth-order valence-corrected chi connectivity index (χ4v) is 5.01. The van der Waals surface area contributed by atoms with Gasteiger partial charge in [-0.2, -0.15) is 0 Å². The first-order valence-electron chi connectivity index (χ1n) is 11.6. The van der Waals surface area contributed by atoms with Gasteiger partial charge >= 0.3 is 0 Å². The van der Waals surface area contributed by atoms with E-state index in [1.165, 1.54) is 11.8 Å². The molecule has 1 amide bonds. The largest absolute Gasteiger partial charge is 0.493 e. The van der Waals surface area contributed by atoms with Crippen LogP contribution >= 0.6 is 23.4 Å². The third-order valence-electron chi connectivity index (χ3n) is 5.57. The van der Waals surface area contributed by atoms with E-state index in [2.05, 4.69) is 0 Å². The molecule has 5 nitrogen and oxygen atoms in total. The highest BCUT2D eigenvalue weighted by atomic mass is 35.5. The Morgan fingerprint density at radius 1 is 0.892 bits per heavy atom. The Morgan fingerprint density at radius 3 is 2.38 bits per heavy atom. The van der Waals surface area contributed by atoms with Crippen LogP contribution in [0.25, 0.3) is 6.08 Å². The molecule has 0 aromatic heterocycles. The Labute approximate surface area is 225 Å². The van der Waals surface area contributed by atoms with Gasteiger partial charge in [0, 0.05) is 5.02 Å². The number of amides is 1. The molecule has 4 aromatic rings. The van der Waals surface area contributed by atoms with Gasteiger partial charge in [0.15, 0.2) is 16.7 Å². The summed E-state index contributed by atoms with van der Waals surface area (Å²) < 4.78 is 11.5. The molecule has 1 heterocycles. The molecule has 5 rings (SSSR count). The van der Waals surface area contributed by atoms with E-state index in [0.29, 0.717) is 33.2 Å². The third-order valence-corrected chi connectivity index (χ3v) is 6.77. The van der Waals surface area contributed by atoms with Crippen molar-refractivity contribution in [2.24, 2.45) is 4.99 Å². The second kappa shape index (κ2) is 11.4. The highest BCUT2D eigenvalue weighted by Gasteiger charge is 2.34. The van der Waals surface area contributed by atoms with Crippen LogP contribution in [-0.4, -0.2) is 18.2 Å². The fraction of sp³-hybridized carbons (Fsp3) is 0.0667. The maximum atomic E-state index is 13.5. The van der Waals surface area contributed by atoms with Crippen LogP contribution in [0.5, 0.6) is 11.5 Å². The van der Waals surface area contributed by atoms with E-state index in [9.17, 15) is 4.79 Å². The number of thioether (sulfide) groups is 1. The number of aliphatic imine (C=N–C) groups is 1. The minimum absolute atomic E-state index is 0.133. The zero-order valence-electron chi connectivity index (χ0n) is 20.0. The Balaban J connectivity index is 1.42. The summed E-state index contributed by atoms with van der Waals surface area (Å²) in [5, 5.41) is 1.26. The molecular weight excluding hydrogens is 504 g/mol. The van der Waals surface area contributed by atoms with Crippen LogP contribution in [0.15, 0.2) is 113 Å². The van der Waals surface area contributed by atoms with E-state index >= 15 is 0 Å². The van der Waals surface area contributed by atoms with Crippen LogP contribution in [0.4, 0.5) is 11.4 Å². The quantitative estimate of drug-likeness (QED) is 0.231. The van der Waals surface area contributed by atoms with E-state index in [4.69, 9.17) is 26.1 Å². The topological polar surface area (TPSA) is 51.1 Å². The Kier molecular flexibility index (Phi) is 7.59. The van der Waals surface area contributed by atoms with Gasteiger partial charge in [0.05, 0.1) is 23.4 Å². The molecule has 1 aliphatic rings. The SMILES string of the molecule is COc1cc(/C=C2/SC(=Nc3ccccc3)N(c3ccccc3)C2=O)ccc1OCc1cccc(Cl)c1. The molecular formula is C30H23ClN2O3S. The van der Waals surface area contributed by atoms with E-state index in [-0.39, 0.29) is 5.91 Å². The number of para-hydroxylation sites is 2. The number of halogens is 1. The Hall–Kier alpha value is -4.00. The lowest BCUT2D eigenvalue weighted by Crippen LogP contribution is -2.28. The summed E-state index contributed by atoms with van der Waals surface area (Å²) in [7, 11) is 1.59. The van der Waals surface area contributed by atoms with Crippen molar-refractivity contribution in [3.63, 3.8) is 0 Å². The summed E-state index contributed by atoms with van der Waals surface area (Å²) in [4.78, 5) is 20.5. The van der Waals surface area contributed by atoms with Crippen molar-refractivity contribution in [1.82, 2.24) is 0 Å². The summed E-state index contributed by atoms with van der Waals surface area (Å²) in [5.74, 6) is 1.04. The van der Waals surface area contributed by atoms with Crippen molar-refractivity contribution >= 4 is 51.9 Å². The molecule has 184 valence electrons. The van der Waals surface area contributed by atoms with Crippen LogP contribution < -0.4 is 14.4 Å². The number of amidine groups is 1. The van der Waals surface area contributed by atoms with Crippen LogP contribution in [0, 0.1) is 0 Å². The van der Waals surface area contributed by atoms with Crippen LogP contribution in [0.2, 0.25) is 5.02 Å². The molecule has 0 bridgehead atoms. The molecule has 0 aliphatic carbocycles. The van der Waals surface area contributed by atoms with Gasteiger partial charge in [0.2, 0.25) is 0 Å². The Bertz CT molecular complexity index is 1470. The lowest BCUT2D eigenvalue weighted by Gasteiger charge is -2.15. The number of rotatable bonds is 7. The van der Waals surface area contributed by atoms with Crippen LogP contribution in [0.1, 0.15) is 11.1 Å².